The molecule has 0 aliphatic rings. The van der Waals surface area contributed by atoms with Gasteiger partial charge in [0.25, 0.3) is 11.8 Å². The molecule has 4 nitrogen and oxygen atoms in total. The zero-order valence-corrected chi connectivity index (χ0v) is 17.9. The van der Waals surface area contributed by atoms with E-state index in [1.54, 1.807) is 12.1 Å². The molecule has 0 unspecified atom stereocenters. The smallest absolute Gasteiger partial charge is 0.258 e. The SMILES string of the molecule is CCCCc1ccc(NC(=O)c2c(NC(=O)c3ccccc3)sc(C)c2C)cc1. The first kappa shape index (κ1) is 20.8. The summed E-state index contributed by atoms with van der Waals surface area (Å²) in [6, 6.07) is 17.0. The van der Waals surface area contributed by atoms with Gasteiger partial charge in [-0.05, 0) is 62.1 Å². The summed E-state index contributed by atoms with van der Waals surface area (Å²) in [6.07, 6.45) is 3.36. The molecule has 1 heterocycles. The lowest BCUT2D eigenvalue weighted by molar-refractivity contribution is 0.102. The van der Waals surface area contributed by atoms with E-state index in [1.807, 2.05) is 44.2 Å². The number of hydrogen-bond donors (Lipinski definition) is 2. The fourth-order valence-corrected chi connectivity index (χ4v) is 4.14. The standard InChI is InChI=1S/C24H26N2O2S/c1-4-5-9-18-12-14-20(15-13-18)25-23(28)21-16(2)17(3)29-24(21)26-22(27)19-10-7-6-8-11-19/h6-8,10-15H,4-5,9H2,1-3H3,(H,25,28)(H,26,27). The quantitative estimate of drug-likeness (QED) is 0.490. The summed E-state index contributed by atoms with van der Waals surface area (Å²) >= 11 is 1.42. The van der Waals surface area contributed by atoms with Crippen LogP contribution in [0.25, 0.3) is 0 Å². The Hall–Kier alpha value is -2.92. The first-order chi connectivity index (χ1) is 14.0. The number of amides is 2. The average molecular weight is 407 g/mol. The van der Waals surface area contributed by atoms with Crippen molar-refractivity contribution in [2.24, 2.45) is 0 Å². The van der Waals surface area contributed by atoms with Crippen LogP contribution in [0.1, 0.15) is 56.5 Å². The number of carbonyl (C=O) groups is 2. The van der Waals surface area contributed by atoms with E-state index < -0.39 is 0 Å². The zero-order chi connectivity index (χ0) is 20.8. The molecule has 3 rings (SSSR count). The number of unbranched alkanes of at least 4 members (excludes halogenated alkanes) is 1. The van der Waals surface area contributed by atoms with Gasteiger partial charge in [-0.3, -0.25) is 9.59 Å². The van der Waals surface area contributed by atoms with Crippen molar-refractivity contribution in [3.05, 3.63) is 81.7 Å². The van der Waals surface area contributed by atoms with Gasteiger partial charge in [0.15, 0.2) is 0 Å². The van der Waals surface area contributed by atoms with Crippen LogP contribution in [0.2, 0.25) is 0 Å². The number of aryl methyl sites for hydroxylation is 2. The van der Waals surface area contributed by atoms with Gasteiger partial charge in [-0.1, -0.05) is 43.7 Å². The van der Waals surface area contributed by atoms with Gasteiger partial charge in [0.05, 0.1) is 5.56 Å². The van der Waals surface area contributed by atoms with E-state index in [9.17, 15) is 9.59 Å². The van der Waals surface area contributed by atoms with Gasteiger partial charge >= 0.3 is 0 Å². The minimum absolute atomic E-state index is 0.212. The van der Waals surface area contributed by atoms with E-state index >= 15 is 0 Å². The molecule has 5 heteroatoms. The zero-order valence-electron chi connectivity index (χ0n) is 17.0. The first-order valence-electron chi connectivity index (χ1n) is 9.86. The summed E-state index contributed by atoms with van der Waals surface area (Å²) in [5, 5.41) is 6.45. The number of rotatable bonds is 7. The lowest BCUT2D eigenvalue weighted by Crippen LogP contribution is -2.17. The highest BCUT2D eigenvalue weighted by Gasteiger charge is 2.21. The molecule has 0 radical (unpaired) electrons. The Labute approximate surface area is 176 Å². The highest BCUT2D eigenvalue weighted by atomic mass is 32.1. The Morgan fingerprint density at radius 1 is 0.897 bits per heavy atom. The summed E-state index contributed by atoms with van der Waals surface area (Å²) in [6.45, 7) is 6.04. The molecule has 3 aromatic rings. The molecule has 0 aliphatic heterocycles. The molecular formula is C24H26N2O2S. The molecule has 0 saturated carbocycles. The van der Waals surface area contributed by atoms with Crippen LogP contribution in [0.4, 0.5) is 10.7 Å². The van der Waals surface area contributed by atoms with Crippen molar-refractivity contribution in [1.82, 2.24) is 0 Å². The van der Waals surface area contributed by atoms with Gasteiger partial charge in [0.1, 0.15) is 5.00 Å². The third-order valence-corrected chi connectivity index (χ3v) is 6.03. The largest absolute Gasteiger partial charge is 0.322 e. The Morgan fingerprint density at radius 2 is 1.59 bits per heavy atom. The minimum Gasteiger partial charge on any atom is -0.322 e. The van der Waals surface area contributed by atoms with Crippen molar-refractivity contribution in [2.75, 3.05) is 10.6 Å². The van der Waals surface area contributed by atoms with Crippen molar-refractivity contribution in [3.8, 4) is 0 Å². The van der Waals surface area contributed by atoms with E-state index in [-0.39, 0.29) is 11.8 Å². The molecule has 2 amide bonds. The van der Waals surface area contributed by atoms with E-state index in [0.29, 0.717) is 16.1 Å². The minimum atomic E-state index is -0.221. The first-order valence-corrected chi connectivity index (χ1v) is 10.7. The van der Waals surface area contributed by atoms with Gasteiger partial charge in [-0.15, -0.1) is 11.3 Å². The van der Waals surface area contributed by atoms with Crippen LogP contribution in [0.3, 0.4) is 0 Å². The number of hydrogen-bond acceptors (Lipinski definition) is 3. The van der Waals surface area contributed by atoms with Crippen molar-refractivity contribution < 1.29 is 9.59 Å². The van der Waals surface area contributed by atoms with Gasteiger partial charge in [0.2, 0.25) is 0 Å². The highest BCUT2D eigenvalue weighted by molar-refractivity contribution is 7.16. The third-order valence-electron chi connectivity index (χ3n) is 4.91. The van der Waals surface area contributed by atoms with Crippen LogP contribution in [0.5, 0.6) is 0 Å². The molecule has 1 aromatic heterocycles. The molecule has 0 saturated heterocycles. The van der Waals surface area contributed by atoms with Crippen LogP contribution < -0.4 is 10.6 Å². The second-order valence-corrected chi connectivity index (χ2v) is 8.29. The summed E-state index contributed by atoms with van der Waals surface area (Å²) in [5.41, 5.74) is 3.98. The van der Waals surface area contributed by atoms with Crippen molar-refractivity contribution in [1.29, 1.82) is 0 Å². The van der Waals surface area contributed by atoms with Gasteiger partial charge in [0, 0.05) is 16.1 Å². The predicted octanol–water partition coefficient (Wildman–Crippen LogP) is 6.21. The van der Waals surface area contributed by atoms with Crippen molar-refractivity contribution >= 4 is 33.8 Å². The maximum Gasteiger partial charge on any atom is 0.258 e. The molecule has 150 valence electrons. The average Bonchev–Trinajstić information content (AvgIpc) is 3.01. The lowest BCUT2D eigenvalue weighted by Gasteiger charge is -2.10. The highest BCUT2D eigenvalue weighted by Crippen LogP contribution is 2.33. The number of benzene rings is 2. The van der Waals surface area contributed by atoms with Crippen molar-refractivity contribution in [3.63, 3.8) is 0 Å². The topological polar surface area (TPSA) is 58.2 Å². The summed E-state index contributed by atoms with van der Waals surface area (Å²) < 4.78 is 0. The van der Waals surface area contributed by atoms with Crippen LogP contribution >= 0.6 is 11.3 Å². The van der Waals surface area contributed by atoms with Gasteiger partial charge in [-0.25, -0.2) is 0 Å². The predicted molar refractivity (Wildman–Crippen MR) is 121 cm³/mol. The summed E-state index contributed by atoms with van der Waals surface area (Å²) in [4.78, 5) is 26.6. The molecular weight excluding hydrogens is 380 g/mol. The Bertz CT molecular complexity index is 992. The van der Waals surface area contributed by atoms with Crippen LogP contribution in [-0.2, 0) is 6.42 Å². The molecule has 0 fully saturated rings. The fraction of sp³-hybridized carbons (Fsp3) is 0.250. The molecule has 0 atom stereocenters. The molecule has 2 aromatic carbocycles. The third kappa shape index (κ3) is 5.12. The van der Waals surface area contributed by atoms with Gasteiger partial charge in [-0.2, -0.15) is 0 Å². The number of nitrogens with one attached hydrogen (secondary N) is 2. The van der Waals surface area contributed by atoms with Crippen LogP contribution in [0, 0.1) is 13.8 Å². The van der Waals surface area contributed by atoms with Gasteiger partial charge < -0.3 is 10.6 Å². The van der Waals surface area contributed by atoms with E-state index in [4.69, 9.17) is 0 Å². The molecule has 0 spiro atoms. The maximum atomic E-state index is 13.0. The van der Waals surface area contributed by atoms with Crippen LogP contribution in [-0.4, -0.2) is 11.8 Å². The summed E-state index contributed by atoms with van der Waals surface area (Å²) in [7, 11) is 0. The lowest BCUT2D eigenvalue weighted by atomic mass is 10.1. The monoisotopic (exact) mass is 406 g/mol. The van der Waals surface area contributed by atoms with E-state index in [1.165, 1.54) is 16.9 Å². The Balaban J connectivity index is 1.77. The van der Waals surface area contributed by atoms with E-state index in [0.717, 1.165) is 35.4 Å². The van der Waals surface area contributed by atoms with Crippen LogP contribution in [0.15, 0.2) is 54.6 Å². The number of thiophene rings is 1. The Kier molecular flexibility index (Phi) is 6.83. The molecule has 2 N–H and O–H groups in total. The second-order valence-electron chi connectivity index (χ2n) is 7.06. The Morgan fingerprint density at radius 3 is 2.24 bits per heavy atom. The van der Waals surface area contributed by atoms with E-state index in [2.05, 4.69) is 29.7 Å². The fourth-order valence-electron chi connectivity index (χ4n) is 3.08. The number of carbonyl (C=O) groups excluding carboxylic acids is 2. The second kappa shape index (κ2) is 9.52. The van der Waals surface area contributed by atoms with Crippen molar-refractivity contribution in [2.45, 2.75) is 40.0 Å². The number of anilines is 2. The summed E-state index contributed by atoms with van der Waals surface area (Å²) in [5.74, 6) is -0.433. The molecule has 0 bridgehead atoms. The maximum absolute atomic E-state index is 13.0. The normalized spacial score (nSPS) is 10.6. The molecule has 0 aliphatic carbocycles. The molecule has 29 heavy (non-hydrogen) atoms.